The summed E-state index contributed by atoms with van der Waals surface area (Å²) in [5.41, 5.74) is 1.02. The molecule has 0 unspecified atom stereocenters. The second kappa shape index (κ2) is 6.83. The first-order valence-electron chi connectivity index (χ1n) is 6.86. The maximum atomic E-state index is 12.3. The van der Waals surface area contributed by atoms with Gasteiger partial charge in [-0.05, 0) is 36.9 Å². The van der Waals surface area contributed by atoms with Gasteiger partial charge in [0, 0.05) is 12.6 Å². The van der Waals surface area contributed by atoms with Crippen LogP contribution in [0.4, 0.5) is 0 Å². The molecule has 2 N–H and O–H groups in total. The standard InChI is InChI=1S/C13H22N2O2S2/c1-14-9-11-8-13(18-10-11)19(16,17)15-12-6-4-2-3-5-7-12/h8,10,12,14-15H,2-7,9H2,1H3. The third kappa shape index (κ3) is 4.27. The van der Waals surface area contributed by atoms with Gasteiger partial charge in [-0.3, -0.25) is 0 Å². The van der Waals surface area contributed by atoms with Gasteiger partial charge in [-0.25, -0.2) is 13.1 Å². The Morgan fingerprint density at radius 3 is 2.58 bits per heavy atom. The van der Waals surface area contributed by atoms with Crippen LogP contribution in [0.15, 0.2) is 15.7 Å². The van der Waals surface area contributed by atoms with Crippen LogP contribution in [0.1, 0.15) is 44.1 Å². The van der Waals surface area contributed by atoms with Gasteiger partial charge in [0.1, 0.15) is 4.21 Å². The third-order valence-corrected chi connectivity index (χ3v) is 6.46. The maximum absolute atomic E-state index is 12.3. The number of sulfonamides is 1. The average molecular weight is 302 g/mol. The Morgan fingerprint density at radius 1 is 1.26 bits per heavy atom. The van der Waals surface area contributed by atoms with Crippen molar-refractivity contribution in [3.8, 4) is 0 Å². The van der Waals surface area contributed by atoms with Crippen molar-refractivity contribution in [1.82, 2.24) is 10.0 Å². The van der Waals surface area contributed by atoms with Crippen LogP contribution in [0.25, 0.3) is 0 Å². The van der Waals surface area contributed by atoms with Crippen LogP contribution >= 0.6 is 11.3 Å². The summed E-state index contributed by atoms with van der Waals surface area (Å²) in [4.78, 5) is 0. The summed E-state index contributed by atoms with van der Waals surface area (Å²) >= 11 is 1.30. The molecule has 4 nitrogen and oxygen atoms in total. The van der Waals surface area contributed by atoms with Gasteiger partial charge in [0.15, 0.2) is 0 Å². The summed E-state index contributed by atoms with van der Waals surface area (Å²) in [6, 6.07) is 1.88. The van der Waals surface area contributed by atoms with Crippen molar-refractivity contribution in [3.63, 3.8) is 0 Å². The molecule has 0 radical (unpaired) electrons. The SMILES string of the molecule is CNCc1csc(S(=O)(=O)NC2CCCCCC2)c1. The fraction of sp³-hybridized carbons (Fsp3) is 0.692. The van der Waals surface area contributed by atoms with E-state index in [0.717, 1.165) is 31.2 Å². The molecule has 0 saturated heterocycles. The summed E-state index contributed by atoms with van der Waals surface area (Å²) in [5, 5.41) is 4.93. The maximum Gasteiger partial charge on any atom is 0.250 e. The van der Waals surface area contributed by atoms with Crippen LogP contribution in [0.3, 0.4) is 0 Å². The Labute approximate surface area is 119 Å². The van der Waals surface area contributed by atoms with Crippen molar-refractivity contribution in [3.05, 3.63) is 17.0 Å². The molecule has 19 heavy (non-hydrogen) atoms. The minimum Gasteiger partial charge on any atom is -0.316 e. The smallest absolute Gasteiger partial charge is 0.250 e. The first kappa shape index (κ1) is 15.0. The van der Waals surface area contributed by atoms with Crippen molar-refractivity contribution in [1.29, 1.82) is 0 Å². The topological polar surface area (TPSA) is 58.2 Å². The highest BCUT2D eigenvalue weighted by Gasteiger charge is 2.22. The van der Waals surface area contributed by atoms with E-state index >= 15 is 0 Å². The van der Waals surface area contributed by atoms with Gasteiger partial charge in [-0.1, -0.05) is 25.7 Å². The van der Waals surface area contributed by atoms with Gasteiger partial charge in [0.05, 0.1) is 0 Å². The molecule has 0 spiro atoms. The molecular formula is C13H22N2O2S2. The average Bonchev–Trinajstić information content (AvgIpc) is 2.69. The van der Waals surface area contributed by atoms with Crippen LogP contribution in [-0.4, -0.2) is 21.5 Å². The van der Waals surface area contributed by atoms with Gasteiger partial charge < -0.3 is 5.32 Å². The lowest BCUT2D eigenvalue weighted by molar-refractivity contribution is 0.511. The van der Waals surface area contributed by atoms with E-state index < -0.39 is 10.0 Å². The minimum absolute atomic E-state index is 0.113. The summed E-state index contributed by atoms with van der Waals surface area (Å²) < 4.78 is 27.9. The molecule has 1 aliphatic carbocycles. The number of hydrogen-bond donors (Lipinski definition) is 2. The monoisotopic (exact) mass is 302 g/mol. The Kier molecular flexibility index (Phi) is 5.38. The van der Waals surface area contributed by atoms with Crippen LogP contribution < -0.4 is 10.0 Å². The molecule has 0 atom stereocenters. The van der Waals surface area contributed by atoms with Crippen LogP contribution in [0, 0.1) is 0 Å². The van der Waals surface area contributed by atoms with Gasteiger partial charge in [0.25, 0.3) is 0 Å². The molecule has 0 amide bonds. The fourth-order valence-corrected chi connectivity index (χ4v) is 5.00. The third-order valence-electron chi connectivity index (χ3n) is 3.45. The summed E-state index contributed by atoms with van der Waals surface area (Å²) in [6.07, 6.45) is 6.64. The van der Waals surface area contributed by atoms with Crippen LogP contribution in [0.2, 0.25) is 0 Å². The van der Waals surface area contributed by atoms with Crippen molar-refractivity contribution >= 4 is 21.4 Å². The van der Waals surface area contributed by atoms with Crippen molar-refractivity contribution in [2.75, 3.05) is 7.05 Å². The van der Waals surface area contributed by atoms with Crippen molar-refractivity contribution < 1.29 is 8.42 Å². The zero-order valence-electron chi connectivity index (χ0n) is 11.3. The second-order valence-corrected chi connectivity index (χ2v) is 7.97. The van der Waals surface area contributed by atoms with E-state index in [1.54, 1.807) is 6.07 Å². The second-order valence-electron chi connectivity index (χ2n) is 5.11. The molecule has 1 aromatic heterocycles. The highest BCUT2D eigenvalue weighted by atomic mass is 32.2. The molecule has 1 saturated carbocycles. The first-order chi connectivity index (χ1) is 9.12. The van der Waals surface area contributed by atoms with Gasteiger partial charge in [0.2, 0.25) is 10.0 Å². The Morgan fingerprint density at radius 2 is 1.95 bits per heavy atom. The van der Waals surface area contributed by atoms with Crippen molar-refractivity contribution in [2.24, 2.45) is 0 Å². The first-order valence-corrected chi connectivity index (χ1v) is 9.22. The lowest BCUT2D eigenvalue weighted by Crippen LogP contribution is -2.33. The van der Waals surface area contributed by atoms with Crippen LogP contribution in [0.5, 0.6) is 0 Å². The zero-order valence-corrected chi connectivity index (χ0v) is 12.9. The molecule has 1 heterocycles. The van der Waals surface area contributed by atoms with E-state index in [0.29, 0.717) is 10.8 Å². The number of thiophene rings is 1. The molecule has 6 heteroatoms. The molecule has 1 fully saturated rings. The van der Waals surface area contributed by atoms with E-state index in [1.807, 2.05) is 12.4 Å². The molecule has 1 aromatic rings. The predicted octanol–water partition coefficient (Wildman–Crippen LogP) is 2.47. The summed E-state index contributed by atoms with van der Waals surface area (Å²) in [6.45, 7) is 0.704. The Balaban J connectivity index is 2.03. The lowest BCUT2D eigenvalue weighted by Gasteiger charge is -2.15. The van der Waals surface area contributed by atoms with E-state index in [2.05, 4.69) is 10.0 Å². The molecule has 2 rings (SSSR count). The normalized spacial score (nSPS) is 18.4. The molecule has 0 aromatic carbocycles. The molecular weight excluding hydrogens is 280 g/mol. The lowest BCUT2D eigenvalue weighted by atomic mass is 10.1. The van der Waals surface area contributed by atoms with E-state index in [1.165, 1.54) is 24.2 Å². The Hall–Kier alpha value is -0.430. The molecule has 108 valence electrons. The summed E-state index contributed by atoms with van der Waals surface area (Å²) in [5.74, 6) is 0. The Bertz CT molecular complexity index is 488. The number of nitrogens with one attached hydrogen (secondary N) is 2. The molecule has 1 aliphatic rings. The van der Waals surface area contributed by atoms with E-state index in [-0.39, 0.29) is 6.04 Å². The predicted molar refractivity (Wildman–Crippen MR) is 78.9 cm³/mol. The van der Waals surface area contributed by atoms with E-state index in [9.17, 15) is 8.42 Å². The highest BCUT2D eigenvalue weighted by Crippen LogP contribution is 2.23. The molecule has 0 bridgehead atoms. The van der Waals surface area contributed by atoms with Gasteiger partial charge >= 0.3 is 0 Å². The molecule has 0 aliphatic heterocycles. The number of hydrogen-bond acceptors (Lipinski definition) is 4. The zero-order chi connectivity index (χ0) is 13.7. The summed E-state index contributed by atoms with van der Waals surface area (Å²) in [7, 11) is -1.48. The number of rotatable bonds is 5. The largest absolute Gasteiger partial charge is 0.316 e. The van der Waals surface area contributed by atoms with Gasteiger partial charge in [-0.15, -0.1) is 11.3 Å². The van der Waals surface area contributed by atoms with Crippen LogP contribution in [-0.2, 0) is 16.6 Å². The fourth-order valence-electron chi connectivity index (χ4n) is 2.47. The minimum atomic E-state index is -3.33. The highest BCUT2D eigenvalue weighted by molar-refractivity contribution is 7.91. The van der Waals surface area contributed by atoms with E-state index in [4.69, 9.17) is 0 Å². The quantitative estimate of drug-likeness (QED) is 0.822. The van der Waals surface area contributed by atoms with Gasteiger partial charge in [-0.2, -0.15) is 0 Å². The van der Waals surface area contributed by atoms with Crippen molar-refractivity contribution in [2.45, 2.75) is 55.3 Å².